The highest BCUT2D eigenvalue weighted by Crippen LogP contribution is 2.26. The summed E-state index contributed by atoms with van der Waals surface area (Å²) in [7, 11) is 0. The fraction of sp³-hybridized carbons (Fsp3) is 0.308. The number of benzene rings is 1. The van der Waals surface area contributed by atoms with Crippen LogP contribution >= 0.6 is 0 Å². The molecule has 0 bridgehead atoms. The molecule has 1 atom stereocenters. The lowest BCUT2D eigenvalue weighted by Crippen LogP contribution is -2.12. The number of oxazole rings is 1. The highest BCUT2D eigenvalue weighted by atomic mass is 19.1. The summed E-state index contributed by atoms with van der Waals surface area (Å²) < 4.78 is 18.3. The van der Waals surface area contributed by atoms with Gasteiger partial charge in [-0.05, 0) is 43.7 Å². The summed E-state index contributed by atoms with van der Waals surface area (Å²) in [5.41, 5.74) is 1.63. The molecule has 2 aromatic rings. The van der Waals surface area contributed by atoms with Crippen molar-refractivity contribution >= 4 is 0 Å². The standard InChI is InChI=1S/C13H13FN2O/c14-10-5-3-9(4-6-10)12-8-17-13(16-12)11-2-1-7-15-11/h3-6,8,11,15H,1-2,7H2. The van der Waals surface area contributed by atoms with Crippen LogP contribution in [0.4, 0.5) is 4.39 Å². The van der Waals surface area contributed by atoms with E-state index in [0.29, 0.717) is 0 Å². The van der Waals surface area contributed by atoms with Gasteiger partial charge < -0.3 is 9.73 Å². The number of aromatic nitrogens is 1. The second-order valence-electron chi connectivity index (χ2n) is 4.23. The number of hydrogen-bond acceptors (Lipinski definition) is 3. The molecule has 0 amide bonds. The average molecular weight is 232 g/mol. The molecule has 1 aliphatic heterocycles. The Morgan fingerprint density at radius 1 is 1.29 bits per heavy atom. The predicted molar refractivity (Wildman–Crippen MR) is 61.9 cm³/mol. The first-order valence-electron chi connectivity index (χ1n) is 5.78. The smallest absolute Gasteiger partial charge is 0.211 e. The van der Waals surface area contributed by atoms with Crippen LogP contribution in [0.1, 0.15) is 24.8 Å². The lowest BCUT2D eigenvalue weighted by molar-refractivity contribution is 0.429. The first-order valence-corrected chi connectivity index (χ1v) is 5.78. The Morgan fingerprint density at radius 2 is 2.12 bits per heavy atom. The SMILES string of the molecule is Fc1ccc(-c2coc(C3CCCN3)n2)cc1. The molecule has 1 unspecified atom stereocenters. The van der Waals surface area contributed by atoms with E-state index < -0.39 is 0 Å². The van der Waals surface area contributed by atoms with Gasteiger partial charge in [0, 0.05) is 5.56 Å². The molecular weight excluding hydrogens is 219 g/mol. The monoisotopic (exact) mass is 232 g/mol. The molecular formula is C13H13FN2O. The van der Waals surface area contributed by atoms with Gasteiger partial charge in [0.1, 0.15) is 17.8 Å². The summed E-state index contributed by atoms with van der Waals surface area (Å²) in [4.78, 5) is 4.44. The van der Waals surface area contributed by atoms with E-state index in [-0.39, 0.29) is 11.9 Å². The molecule has 0 radical (unpaired) electrons. The van der Waals surface area contributed by atoms with Gasteiger partial charge in [-0.2, -0.15) is 0 Å². The number of rotatable bonds is 2. The first kappa shape index (κ1) is 10.5. The molecule has 1 saturated heterocycles. The van der Waals surface area contributed by atoms with Crippen LogP contribution in [0.5, 0.6) is 0 Å². The Hall–Kier alpha value is -1.68. The third kappa shape index (κ3) is 2.08. The van der Waals surface area contributed by atoms with Gasteiger partial charge in [-0.3, -0.25) is 0 Å². The number of nitrogens with one attached hydrogen (secondary N) is 1. The average Bonchev–Trinajstić information content (AvgIpc) is 3.00. The van der Waals surface area contributed by atoms with Crippen molar-refractivity contribution in [3.8, 4) is 11.3 Å². The maximum atomic E-state index is 12.8. The van der Waals surface area contributed by atoms with Crippen LogP contribution < -0.4 is 5.32 Å². The quantitative estimate of drug-likeness (QED) is 0.865. The highest BCUT2D eigenvalue weighted by Gasteiger charge is 2.21. The largest absolute Gasteiger partial charge is 0.447 e. The number of nitrogens with zero attached hydrogens (tertiary/aromatic N) is 1. The van der Waals surface area contributed by atoms with Crippen LogP contribution in [0.25, 0.3) is 11.3 Å². The van der Waals surface area contributed by atoms with Crippen molar-refractivity contribution in [1.82, 2.24) is 10.3 Å². The number of halogens is 1. The second-order valence-corrected chi connectivity index (χ2v) is 4.23. The van der Waals surface area contributed by atoms with E-state index >= 15 is 0 Å². The van der Waals surface area contributed by atoms with E-state index in [1.807, 2.05) is 0 Å². The van der Waals surface area contributed by atoms with Crippen LogP contribution in [0.3, 0.4) is 0 Å². The van der Waals surface area contributed by atoms with Crippen molar-refractivity contribution in [3.05, 3.63) is 42.2 Å². The normalized spacial score (nSPS) is 19.7. The van der Waals surface area contributed by atoms with Crippen LogP contribution in [-0.4, -0.2) is 11.5 Å². The zero-order valence-corrected chi connectivity index (χ0v) is 9.32. The van der Waals surface area contributed by atoms with E-state index in [2.05, 4.69) is 10.3 Å². The summed E-state index contributed by atoms with van der Waals surface area (Å²) in [6, 6.07) is 6.50. The van der Waals surface area contributed by atoms with E-state index in [1.54, 1.807) is 18.4 Å². The van der Waals surface area contributed by atoms with Gasteiger partial charge in [0.25, 0.3) is 0 Å². The fourth-order valence-corrected chi connectivity index (χ4v) is 2.10. The van der Waals surface area contributed by atoms with Crippen LogP contribution in [0.2, 0.25) is 0 Å². The molecule has 0 saturated carbocycles. The van der Waals surface area contributed by atoms with Crippen molar-refractivity contribution in [1.29, 1.82) is 0 Å². The van der Waals surface area contributed by atoms with Crippen LogP contribution in [0, 0.1) is 5.82 Å². The zero-order chi connectivity index (χ0) is 11.7. The van der Waals surface area contributed by atoms with Crippen molar-refractivity contribution < 1.29 is 8.81 Å². The topological polar surface area (TPSA) is 38.1 Å². The second kappa shape index (κ2) is 4.30. The molecule has 1 N–H and O–H groups in total. The fourth-order valence-electron chi connectivity index (χ4n) is 2.10. The molecule has 2 heterocycles. The Kier molecular flexibility index (Phi) is 2.65. The van der Waals surface area contributed by atoms with Crippen molar-refractivity contribution in [2.45, 2.75) is 18.9 Å². The van der Waals surface area contributed by atoms with Gasteiger partial charge >= 0.3 is 0 Å². The summed E-state index contributed by atoms with van der Waals surface area (Å²) >= 11 is 0. The molecule has 0 aliphatic carbocycles. The summed E-state index contributed by atoms with van der Waals surface area (Å²) in [5.74, 6) is 0.483. The van der Waals surface area contributed by atoms with Crippen LogP contribution in [0.15, 0.2) is 34.9 Å². The third-order valence-electron chi connectivity index (χ3n) is 3.02. The molecule has 3 nitrogen and oxygen atoms in total. The van der Waals surface area contributed by atoms with Crippen molar-refractivity contribution in [2.24, 2.45) is 0 Å². The predicted octanol–water partition coefficient (Wildman–Crippen LogP) is 2.91. The summed E-state index contributed by atoms with van der Waals surface area (Å²) in [6.07, 6.45) is 3.84. The van der Waals surface area contributed by atoms with Crippen molar-refractivity contribution in [2.75, 3.05) is 6.54 Å². The third-order valence-corrected chi connectivity index (χ3v) is 3.02. The van der Waals surface area contributed by atoms with Gasteiger partial charge in [0.15, 0.2) is 0 Å². The molecule has 3 rings (SSSR count). The minimum absolute atomic E-state index is 0.226. The molecule has 1 aromatic carbocycles. The Labute approximate surface area is 98.7 Å². The van der Waals surface area contributed by atoms with Gasteiger partial charge in [-0.1, -0.05) is 0 Å². The molecule has 1 aromatic heterocycles. The highest BCUT2D eigenvalue weighted by molar-refractivity contribution is 5.57. The summed E-state index contributed by atoms with van der Waals surface area (Å²) in [5, 5.41) is 3.33. The lowest BCUT2D eigenvalue weighted by Gasteiger charge is -2.02. The van der Waals surface area contributed by atoms with Gasteiger partial charge in [0.2, 0.25) is 5.89 Å². The van der Waals surface area contributed by atoms with E-state index in [9.17, 15) is 4.39 Å². The van der Waals surface area contributed by atoms with Crippen molar-refractivity contribution in [3.63, 3.8) is 0 Å². The Balaban J connectivity index is 1.86. The van der Waals surface area contributed by atoms with Gasteiger partial charge in [-0.15, -0.1) is 0 Å². The minimum atomic E-state index is -0.241. The molecule has 17 heavy (non-hydrogen) atoms. The van der Waals surface area contributed by atoms with Crippen LogP contribution in [-0.2, 0) is 0 Å². The lowest BCUT2D eigenvalue weighted by atomic mass is 10.2. The first-order chi connectivity index (χ1) is 8.33. The maximum Gasteiger partial charge on any atom is 0.211 e. The Morgan fingerprint density at radius 3 is 2.82 bits per heavy atom. The Bertz CT molecular complexity index is 500. The molecule has 4 heteroatoms. The molecule has 0 spiro atoms. The van der Waals surface area contributed by atoms with E-state index in [0.717, 1.165) is 36.5 Å². The maximum absolute atomic E-state index is 12.8. The van der Waals surface area contributed by atoms with Gasteiger partial charge in [0.05, 0.1) is 6.04 Å². The summed E-state index contributed by atoms with van der Waals surface area (Å²) in [6.45, 7) is 1.01. The van der Waals surface area contributed by atoms with E-state index in [1.165, 1.54) is 12.1 Å². The molecule has 1 fully saturated rings. The molecule has 1 aliphatic rings. The molecule has 88 valence electrons. The van der Waals surface area contributed by atoms with Gasteiger partial charge in [-0.25, -0.2) is 9.37 Å². The number of hydrogen-bond donors (Lipinski definition) is 1. The van der Waals surface area contributed by atoms with E-state index in [4.69, 9.17) is 4.42 Å². The zero-order valence-electron chi connectivity index (χ0n) is 9.32. The minimum Gasteiger partial charge on any atom is -0.447 e.